The number of ether oxygens (including phenoxy) is 1. The number of hydrogen-bond acceptors (Lipinski definition) is 2. The first-order valence-electron chi connectivity index (χ1n) is 5.87. The molecule has 6 heteroatoms. The molecule has 0 bridgehead atoms. The Morgan fingerprint density at radius 1 is 1.16 bits per heavy atom. The van der Waals surface area contributed by atoms with Gasteiger partial charge in [0.1, 0.15) is 0 Å². The molecule has 1 aliphatic heterocycles. The molecule has 0 saturated heterocycles. The van der Waals surface area contributed by atoms with Crippen molar-refractivity contribution in [3.8, 4) is 11.3 Å². The highest BCUT2D eigenvalue weighted by molar-refractivity contribution is 5.64. The second-order valence-electron chi connectivity index (χ2n) is 4.41. The highest BCUT2D eigenvalue weighted by atomic mass is 19.4. The summed E-state index contributed by atoms with van der Waals surface area (Å²) in [4.78, 5) is 0. The maximum Gasteiger partial charge on any atom is 0.416 e. The Kier molecular flexibility index (Phi) is 2.82. The van der Waals surface area contributed by atoms with Crippen molar-refractivity contribution in [3.05, 3.63) is 41.1 Å². The minimum atomic E-state index is -4.31. The summed E-state index contributed by atoms with van der Waals surface area (Å²) >= 11 is 0. The third-order valence-electron chi connectivity index (χ3n) is 3.18. The molecule has 2 aromatic rings. The SMILES string of the molecule is FC(F)(F)c1ccc(-c2n[nH]c3c2COCC3)cc1. The Labute approximate surface area is 107 Å². The topological polar surface area (TPSA) is 37.9 Å². The Morgan fingerprint density at radius 3 is 2.58 bits per heavy atom. The zero-order valence-corrected chi connectivity index (χ0v) is 9.92. The Balaban J connectivity index is 1.97. The standard InChI is InChI=1S/C13H11F3N2O/c14-13(15,16)9-3-1-8(2-4-9)12-10-7-19-6-5-11(10)17-18-12/h1-4H,5-7H2,(H,17,18). The number of aromatic nitrogens is 2. The first-order chi connectivity index (χ1) is 9.05. The summed E-state index contributed by atoms with van der Waals surface area (Å²) < 4.78 is 42.8. The summed E-state index contributed by atoms with van der Waals surface area (Å²) in [7, 11) is 0. The number of H-pyrrole nitrogens is 1. The lowest BCUT2D eigenvalue weighted by molar-refractivity contribution is -0.137. The fraction of sp³-hybridized carbons (Fsp3) is 0.308. The first kappa shape index (κ1) is 12.2. The van der Waals surface area contributed by atoms with E-state index in [0.717, 1.165) is 29.8 Å². The highest BCUT2D eigenvalue weighted by Crippen LogP contribution is 2.32. The van der Waals surface area contributed by atoms with Crippen LogP contribution in [0.4, 0.5) is 13.2 Å². The fourth-order valence-electron chi connectivity index (χ4n) is 2.17. The molecule has 0 fully saturated rings. The molecule has 1 aromatic carbocycles. The maximum absolute atomic E-state index is 12.5. The number of nitrogens with zero attached hydrogens (tertiary/aromatic N) is 1. The van der Waals surface area contributed by atoms with Crippen LogP contribution in [0.1, 0.15) is 16.8 Å². The monoisotopic (exact) mass is 268 g/mol. The molecule has 0 atom stereocenters. The summed E-state index contributed by atoms with van der Waals surface area (Å²) in [5, 5.41) is 7.09. The van der Waals surface area contributed by atoms with E-state index in [9.17, 15) is 13.2 Å². The number of hydrogen-bond donors (Lipinski definition) is 1. The Hall–Kier alpha value is -1.82. The number of rotatable bonds is 1. The lowest BCUT2D eigenvalue weighted by Crippen LogP contribution is -2.09. The van der Waals surface area contributed by atoms with E-state index in [2.05, 4.69) is 10.2 Å². The smallest absolute Gasteiger partial charge is 0.376 e. The molecule has 0 spiro atoms. The number of benzene rings is 1. The van der Waals surface area contributed by atoms with Gasteiger partial charge in [-0.2, -0.15) is 18.3 Å². The molecule has 0 saturated carbocycles. The average molecular weight is 268 g/mol. The van der Waals surface area contributed by atoms with Crippen molar-refractivity contribution >= 4 is 0 Å². The van der Waals surface area contributed by atoms with E-state index in [0.29, 0.717) is 24.5 Å². The van der Waals surface area contributed by atoms with Crippen LogP contribution in [0.2, 0.25) is 0 Å². The predicted octanol–water partition coefficient (Wildman–Crippen LogP) is 3.17. The van der Waals surface area contributed by atoms with Gasteiger partial charge >= 0.3 is 6.18 Å². The zero-order valence-electron chi connectivity index (χ0n) is 9.92. The van der Waals surface area contributed by atoms with E-state index in [1.54, 1.807) is 0 Å². The Bertz CT molecular complexity index is 587. The normalized spacial score (nSPS) is 15.3. The minimum Gasteiger partial charge on any atom is -0.376 e. The van der Waals surface area contributed by atoms with Crippen molar-refractivity contribution in [3.63, 3.8) is 0 Å². The van der Waals surface area contributed by atoms with Gasteiger partial charge in [0.25, 0.3) is 0 Å². The third-order valence-corrected chi connectivity index (χ3v) is 3.18. The molecule has 100 valence electrons. The maximum atomic E-state index is 12.5. The fourth-order valence-corrected chi connectivity index (χ4v) is 2.17. The van der Waals surface area contributed by atoms with Crippen LogP contribution in [0.25, 0.3) is 11.3 Å². The number of fused-ring (bicyclic) bond motifs is 1. The summed E-state index contributed by atoms with van der Waals surface area (Å²) in [5.41, 5.74) is 2.61. The van der Waals surface area contributed by atoms with Crippen molar-refractivity contribution in [1.82, 2.24) is 10.2 Å². The third kappa shape index (κ3) is 2.23. The van der Waals surface area contributed by atoms with Gasteiger partial charge in [0.05, 0.1) is 24.5 Å². The minimum absolute atomic E-state index is 0.447. The van der Waals surface area contributed by atoms with Crippen LogP contribution in [0, 0.1) is 0 Å². The molecule has 0 amide bonds. The number of aromatic amines is 1. The van der Waals surface area contributed by atoms with Crippen LogP contribution in [-0.2, 0) is 23.9 Å². The van der Waals surface area contributed by atoms with E-state index in [1.807, 2.05) is 0 Å². The predicted molar refractivity (Wildman–Crippen MR) is 62.4 cm³/mol. The second-order valence-corrected chi connectivity index (χ2v) is 4.41. The van der Waals surface area contributed by atoms with Crippen molar-refractivity contribution < 1.29 is 17.9 Å². The summed E-state index contributed by atoms with van der Waals surface area (Å²) in [6, 6.07) is 5.02. The second kappa shape index (κ2) is 4.38. The van der Waals surface area contributed by atoms with Crippen LogP contribution in [0.3, 0.4) is 0 Å². The van der Waals surface area contributed by atoms with E-state index in [-0.39, 0.29) is 0 Å². The lowest BCUT2D eigenvalue weighted by Gasteiger charge is -2.12. The molecule has 0 aliphatic carbocycles. The van der Waals surface area contributed by atoms with E-state index in [4.69, 9.17) is 4.74 Å². The molecule has 1 aromatic heterocycles. The quantitative estimate of drug-likeness (QED) is 0.862. The van der Waals surface area contributed by atoms with Gasteiger partial charge in [-0.25, -0.2) is 0 Å². The molecule has 19 heavy (non-hydrogen) atoms. The number of nitrogens with one attached hydrogen (secondary N) is 1. The van der Waals surface area contributed by atoms with Crippen LogP contribution in [-0.4, -0.2) is 16.8 Å². The Morgan fingerprint density at radius 2 is 1.89 bits per heavy atom. The molecule has 2 heterocycles. The molecular weight excluding hydrogens is 257 g/mol. The van der Waals surface area contributed by atoms with Gasteiger partial charge in [0, 0.05) is 23.2 Å². The van der Waals surface area contributed by atoms with Crippen LogP contribution in [0.5, 0.6) is 0 Å². The highest BCUT2D eigenvalue weighted by Gasteiger charge is 2.30. The van der Waals surface area contributed by atoms with Gasteiger partial charge in [-0.3, -0.25) is 5.10 Å². The number of alkyl halides is 3. The van der Waals surface area contributed by atoms with E-state index >= 15 is 0 Å². The van der Waals surface area contributed by atoms with E-state index < -0.39 is 11.7 Å². The van der Waals surface area contributed by atoms with Gasteiger partial charge < -0.3 is 4.74 Å². The van der Waals surface area contributed by atoms with Crippen molar-refractivity contribution in [2.24, 2.45) is 0 Å². The molecule has 3 nitrogen and oxygen atoms in total. The van der Waals surface area contributed by atoms with Crippen LogP contribution < -0.4 is 0 Å². The average Bonchev–Trinajstić information content (AvgIpc) is 2.82. The van der Waals surface area contributed by atoms with Crippen molar-refractivity contribution in [1.29, 1.82) is 0 Å². The van der Waals surface area contributed by atoms with Crippen molar-refractivity contribution in [2.45, 2.75) is 19.2 Å². The summed E-state index contributed by atoms with van der Waals surface area (Å²) in [5.74, 6) is 0. The molecule has 3 rings (SSSR count). The van der Waals surface area contributed by atoms with Gasteiger partial charge in [-0.05, 0) is 12.1 Å². The van der Waals surface area contributed by atoms with E-state index in [1.165, 1.54) is 12.1 Å². The molecular formula is C13H11F3N2O. The van der Waals surface area contributed by atoms with Crippen LogP contribution >= 0.6 is 0 Å². The molecule has 1 aliphatic rings. The zero-order chi connectivity index (χ0) is 13.5. The van der Waals surface area contributed by atoms with Crippen molar-refractivity contribution in [2.75, 3.05) is 6.61 Å². The van der Waals surface area contributed by atoms with Gasteiger partial charge in [-0.15, -0.1) is 0 Å². The van der Waals surface area contributed by atoms with Gasteiger partial charge in [0.2, 0.25) is 0 Å². The summed E-state index contributed by atoms with van der Waals surface area (Å²) in [6.45, 7) is 1.09. The largest absolute Gasteiger partial charge is 0.416 e. The summed E-state index contributed by atoms with van der Waals surface area (Å²) in [6.07, 6.45) is -3.56. The van der Waals surface area contributed by atoms with Crippen LogP contribution in [0.15, 0.2) is 24.3 Å². The van der Waals surface area contributed by atoms with Gasteiger partial charge in [-0.1, -0.05) is 12.1 Å². The van der Waals surface area contributed by atoms with Gasteiger partial charge in [0.15, 0.2) is 0 Å². The number of halogens is 3. The molecule has 0 unspecified atom stereocenters. The lowest BCUT2D eigenvalue weighted by atomic mass is 10.0. The first-order valence-corrected chi connectivity index (χ1v) is 5.87. The molecule has 1 N–H and O–H groups in total. The molecule has 0 radical (unpaired) electrons.